The van der Waals surface area contributed by atoms with Crippen molar-refractivity contribution in [3.8, 4) is 0 Å². The van der Waals surface area contributed by atoms with Crippen LogP contribution in [0.1, 0.15) is 11.1 Å². The van der Waals surface area contributed by atoms with Crippen molar-refractivity contribution in [1.82, 2.24) is 0 Å². The first-order valence-electron chi connectivity index (χ1n) is 7.50. The Kier molecular flexibility index (Phi) is 5.22. The molecule has 116 valence electrons. The van der Waals surface area contributed by atoms with Gasteiger partial charge in [0.15, 0.2) is 0 Å². The molecular formula is C20H17Cl2N. The van der Waals surface area contributed by atoms with E-state index in [-0.39, 0.29) is 0 Å². The summed E-state index contributed by atoms with van der Waals surface area (Å²) in [6, 6.07) is 26.6. The van der Waals surface area contributed by atoms with Crippen molar-refractivity contribution in [2.45, 2.75) is 13.1 Å². The van der Waals surface area contributed by atoms with Crippen molar-refractivity contribution in [2.24, 2.45) is 0 Å². The van der Waals surface area contributed by atoms with Gasteiger partial charge in [-0.15, -0.1) is 0 Å². The van der Waals surface area contributed by atoms with Crippen LogP contribution in [0.4, 0.5) is 5.69 Å². The summed E-state index contributed by atoms with van der Waals surface area (Å²) >= 11 is 12.3. The van der Waals surface area contributed by atoms with E-state index in [4.69, 9.17) is 23.2 Å². The zero-order chi connectivity index (χ0) is 16.1. The van der Waals surface area contributed by atoms with E-state index in [0.717, 1.165) is 18.8 Å². The molecule has 23 heavy (non-hydrogen) atoms. The maximum atomic E-state index is 6.21. The molecular weight excluding hydrogens is 325 g/mol. The van der Waals surface area contributed by atoms with E-state index in [9.17, 15) is 0 Å². The average molecular weight is 342 g/mol. The van der Waals surface area contributed by atoms with Crippen molar-refractivity contribution in [2.75, 3.05) is 4.90 Å². The fraction of sp³-hybridized carbons (Fsp3) is 0.100. The molecule has 0 radical (unpaired) electrons. The first-order valence-corrected chi connectivity index (χ1v) is 8.26. The third-order valence-electron chi connectivity index (χ3n) is 3.70. The van der Waals surface area contributed by atoms with Crippen LogP contribution in [-0.4, -0.2) is 0 Å². The molecule has 0 aliphatic rings. The maximum absolute atomic E-state index is 6.21. The van der Waals surface area contributed by atoms with E-state index in [1.54, 1.807) is 0 Å². The van der Waals surface area contributed by atoms with Crippen LogP contribution < -0.4 is 4.90 Å². The molecule has 0 atom stereocenters. The first kappa shape index (κ1) is 15.9. The second-order valence-electron chi connectivity index (χ2n) is 5.43. The molecule has 0 aliphatic heterocycles. The van der Waals surface area contributed by atoms with Gasteiger partial charge in [0.2, 0.25) is 0 Å². The van der Waals surface area contributed by atoms with Gasteiger partial charge in [-0.1, -0.05) is 83.9 Å². The molecule has 0 aromatic heterocycles. The van der Waals surface area contributed by atoms with Crippen molar-refractivity contribution < 1.29 is 0 Å². The van der Waals surface area contributed by atoms with Gasteiger partial charge in [-0.25, -0.2) is 0 Å². The van der Waals surface area contributed by atoms with Crippen molar-refractivity contribution in [3.63, 3.8) is 0 Å². The molecule has 0 saturated heterocycles. The summed E-state index contributed by atoms with van der Waals surface area (Å²) in [5, 5.41) is 1.16. The Morgan fingerprint density at radius 3 is 1.61 bits per heavy atom. The molecule has 0 heterocycles. The van der Waals surface area contributed by atoms with Crippen LogP contribution in [0.15, 0.2) is 78.9 Å². The third kappa shape index (κ3) is 4.28. The predicted molar refractivity (Wildman–Crippen MR) is 99.2 cm³/mol. The lowest BCUT2D eigenvalue weighted by Crippen LogP contribution is -2.22. The molecule has 3 rings (SSSR count). The molecule has 0 bridgehead atoms. The Morgan fingerprint density at radius 1 is 0.609 bits per heavy atom. The van der Waals surface area contributed by atoms with E-state index < -0.39 is 0 Å². The highest BCUT2D eigenvalue weighted by atomic mass is 35.5. The van der Waals surface area contributed by atoms with Gasteiger partial charge in [-0.05, 0) is 29.3 Å². The van der Waals surface area contributed by atoms with E-state index in [1.165, 1.54) is 11.1 Å². The third-order valence-corrected chi connectivity index (χ3v) is 4.44. The molecule has 0 aliphatic carbocycles. The van der Waals surface area contributed by atoms with Crippen molar-refractivity contribution in [3.05, 3.63) is 100 Å². The Labute approximate surface area is 147 Å². The number of anilines is 1. The second-order valence-corrected chi connectivity index (χ2v) is 6.24. The van der Waals surface area contributed by atoms with Gasteiger partial charge < -0.3 is 4.90 Å². The number of rotatable bonds is 5. The highest BCUT2D eigenvalue weighted by Gasteiger charge is 2.10. The van der Waals surface area contributed by atoms with Gasteiger partial charge in [0.25, 0.3) is 0 Å². The van der Waals surface area contributed by atoms with Crippen LogP contribution in [0.3, 0.4) is 0 Å². The molecule has 3 aromatic carbocycles. The fourth-order valence-electron chi connectivity index (χ4n) is 2.53. The Balaban J connectivity index is 1.90. The minimum absolute atomic E-state index is 0.579. The zero-order valence-electron chi connectivity index (χ0n) is 12.6. The van der Waals surface area contributed by atoms with Gasteiger partial charge in [-0.2, -0.15) is 0 Å². The molecule has 0 saturated carbocycles. The van der Waals surface area contributed by atoms with Crippen molar-refractivity contribution in [1.29, 1.82) is 0 Å². The van der Waals surface area contributed by atoms with Gasteiger partial charge in [0.05, 0.1) is 10.0 Å². The van der Waals surface area contributed by atoms with Gasteiger partial charge in [0, 0.05) is 18.8 Å². The summed E-state index contributed by atoms with van der Waals surface area (Å²) in [6.45, 7) is 1.63. The van der Waals surface area contributed by atoms with E-state index >= 15 is 0 Å². The Hall–Kier alpha value is -1.96. The Morgan fingerprint density at radius 2 is 1.13 bits per heavy atom. The molecule has 0 N–H and O–H groups in total. The summed E-state index contributed by atoms with van der Waals surface area (Å²) in [6.07, 6.45) is 0. The fourth-order valence-corrected chi connectivity index (χ4v) is 2.82. The predicted octanol–water partition coefficient (Wildman–Crippen LogP) is 6.20. The number of nitrogens with zero attached hydrogens (tertiary/aromatic N) is 1. The SMILES string of the molecule is Clc1ccc(N(Cc2ccccc2)Cc2ccccc2)cc1Cl. The van der Waals surface area contributed by atoms with Crippen LogP contribution in [0.2, 0.25) is 10.0 Å². The number of halogens is 2. The summed E-state index contributed by atoms with van der Waals surface area (Å²) < 4.78 is 0. The molecule has 3 aromatic rings. The highest BCUT2D eigenvalue weighted by molar-refractivity contribution is 6.42. The van der Waals surface area contributed by atoms with E-state index in [1.807, 2.05) is 30.3 Å². The Bertz CT molecular complexity index is 716. The molecule has 0 amide bonds. The summed E-state index contributed by atoms with van der Waals surface area (Å²) in [5.74, 6) is 0. The van der Waals surface area contributed by atoms with E-state index in [0.29, 0.717) is 10.0 Å². The first-order chi connectivity index (χ1) is 11.2. The maximum Gasteiger partial charge on any atom is 0.0612 e. The monoisotopic (exact) mass is 341 g/mol. The minimum Gasteiger partial charge on any atom is -0.363 e. The average Bonchev–Trinajstić information content (AvgIpc) is 2.59. The molecule has 0 fully saturated rings. The normalized spacial score (nSPS) is 10.5. The largest absolute Gasteiger partial charge is 0.363 e. The molecule has 3 heteroatoms. The number of hydrogen-bond acceptors (Lipinski definition) is 1. The van der Waals surface area contributed by atoms with Gasteiger partial charge in [-0.3, -0.25) is 0 Å². The van der Waals surface area contributed by atoms with Gasteiger partial charge in [0.1, 0.15) is 0 Å². The quantitative estimate of drug-likeness (QED) is 0.533. The van der Waals surface area contributed by atoms with Crippen molar-refractivity contribution >= 4 is 28.9 Å². The molecule has 0 spiro atoms. The van der Waals surface area contributed by atoms with Gasteiger partial charge >= 0.3 is 0 Å². The van der Waals surface area contributed by atoms with Crippen LogP contribution in [0.5, 0.6) is 0 Å². The molecule has 0 unspecified atom stereocenters. The summed E-state index contributed by atoms with van der Waals surface area (Å²) in [7, 11) is 0. The smallest absolute Gasteiger partial charge is 0.0612 e. The lowest BCUT2D eigenvalue weighted by molar-refractivity contribution is 0.800. The molecule has 1 nitrogen and oxygen atoms in total. The van der Waals surface area contributed by atoms with Crippen LogP contribution >= 0.6 is 23.2 Å². The lowest BCUT2D eigenvalue weighted by Gasteiger charge is -2.25. The van der Waals surface area contributed by atoms with Crippen LogP contribution in [0.25, 0.3) is 0 Å². The topological polar surface area (TPSA) is 3.24 Å². The minimum atomic E-state index is 0.579. The number of hydrogen-bond donors (Lipinski definition) is 0. The zero-order valence-corrected chi connectivity index (χ0v) is 14.1. The highest BCUT2D eigenvalue weighted by Crippen LogP contribution is 2.29. The second kappa shape index (κ2) is 7.54. The summed E-state index contributed by atoms with van der Waals surface area (Å²) in [5.41, 5.74) is 3.58. The van der Waals surface area contributed by atoms with Crippen LogP contribution in [-0.2, 0) is 13.1 Å². The summed E-state index contributed by atoms with van der Waals surface area (Å²) in [4.78, 5) is 2.30. The van der Waals surface area contributed by atoms with Crippen LogP contribution in [0, 0.1) is 0 Å². The number of benzene rings is 3. The standard InChI is InChI=1S/C20H17Cl2N/c21-19-12-11-18(13-20(19)22)23(14-16-7-3-1-4-8-16)15-17-9-5-2-6-10-17/h1-13H,14-15H2. The lowest BCUT2D eigenvalue weighted by atomic mass is 10.1. The van der Waals surface area contributed by atoms with E-state index in [2.05, 4.69) is 53.4 Å².